The summed E-state index contributed by atoms with van der Waals surface area (Å²) in [5, 5.41) is 11.0. The van der Waals surface area contributed by atoms with E-state index in [2.05, 4.69) is 5.32 Å². The molecule has 0 bridgehead atoms. The summed E-state index contributed by atoms with van der Waals surface area (Å²) in [6.45, 7) is -0.288. The van der Waals surface area contributed by atoms with Crippen LogP contribution in [-0.2, 0) is 4.79 Å². The number of hydrogen-bond acceptors (Lipinski definition) is 3. The van der Waals surface area contributed by atoms with E-state index in [1.807, 2.05) is 20.2 Å². The molecule has 0 aliphatic heterocycles. The van der Waals surface area contributed by atoms with Gasteiger partial charge in [0, 0.05) is 0 Å². The minimum atomic E-state index is -0.964. The molecule has 0 heterocycles. The van der Waals surface area contributed by atoms with Gasteiger partial charge in [0.25, 0.3) is 0 Å². The van der Waals surface area contributed by atoms with Crippen molar-refractivity contribution in [3.8, 4) is 5.75 Å². The number of ether oxygens (including phenoxy) is 1. The first-order chi connectivity index (χ1) is 6.70. The van der Waals surface area contributed by atoms with Crippen molar-refractivity contribution < 1.29 is 14.6 Å². The van der Waals surface area contributed by atoms with Gasteiger partial charge in [-0.3, -0.25) is 0 Å². The molecule has 1 aromatic rings. The molecule has 4 nitrogen and oxygen atoms in total. The van der Waals surface area contributed by atoms with Gasteiger partial charge < -0.3 is 15.2 Å². The number of nitrogens with one attached hydrogen (secondary N) is 1. The van der Waals surface area contributed by atoms with E-state index < -0.39 is 5.97 Å². The fraction of sp³-hybridized carbons (Fsp3) is 0.300. The number of rotatable bonds is 3. The second kappa shape index (κ2) is 8.07. The van der Waals surface area contributed by atoms with Gasteiger partial charge >= 0.3 is 5.97 Å². The first-order valence-electron chi connectivity index (χ1n) is 4.18. The molecule has 0 atom stereocenters. The van der Waals surface area contributed by atoms with E-state index in [0.29, 0.717) is 5.75 Å². The Labute approximate surface area is 83.5 Å². The van der Waals surface area contributed by atoms with Crippen molar-refractivity contribution in [2.45, 2.75) is 0 Å². The van der Waals surface area contributed by atoms with Gasteiger partial charge in [-0.15, -0.1) is 0 Å². The third-order valence-electron chi connectivity index (χ3n) is 1.11. The smallest absolute Gasteiger partial charge is 0.341 e. The number of benzene rings is 1. The Morgan fingerprint density at radius 1 is 1.36 bits per heavy atom. The zero-order valence-electron chi connectivity index (χ0n) is 8.36. The summed E-state index contributed by atoms with van der Waals surface area (Å²) < 4.78 is 4.87. The molecule has 1 aromatic carbocycles. The molecule has 0 aromatic heterocycles. The van der Waals surface area contributed by atoms with E-state index in [0.717, 1.165) is 0 Å². The zero-order chi connectivity index (χ0) is 10.8. The lowest BCUT2D eigenvalue weighted by Crippen LogP contribution is -2.09. The fourth-order valence-corrected chi connectivity index (χ4v) is 0.662. The van der Waals surface area contributed by atoms with E-state index in [-0.39, 0.29) is 6.61 Å². The van der Waals surface area contributed by atoms with Gasteiger partial charge in [0.1, 0.15) is 5.75 Å². The van der Waals surface area contributed by atoms with Crippen LogP contribution in [0.5, 0.6) is 5.75 Å². The molecule has 0 radical (unpaired) electrons. The number of carboxylic acid groups (broad SMARTS) is 1. The number of hydrogen-bond donors (Lipinski definition) is 2. The van der Waals surface area contributed by atoms with Crippen LogP contribution in [0.15, 0.2) is 30.3 Å². The molecule has 0 aliphatic rings. The minimum Gasteiger partial charge on any atom is -0.482 e. The van der Waals surface area contributed by atoms with Crippen LogP contribution in [-0.4, -0.2) is 31.8 Å². The van der Waals surface area contributed by atoms with Gasteiger partial charge in [0.2, 0.25) is 0 Å². The van der Waals surface area contributed by atoms with Crippen molar-refractivity contribution in [3.05, 3.63) is 30.3 Å². The lowest BCUT2D eigenvalue weighted by molar-refractivity contribution is -0.139. The van der Waals surface area contributed by atoms with Gasteiger partial charge in [-0.05, 0) is 26.2 Å². The lowest BCUT2D eigenvalue weighted by Gasteiger charge is -2.00. The largest absolute Gasteiger partial charge is 0.482 e. The predicted molar refractivity (Wildman–Crippen MR) is 54.6 cm³/mol. The second-order valence-electron chi connectivity index (χ2n) is 2.50. The Morgan fingerprint density at radius 2 is 1.86 bits per heavy atom. The monoisotopic (exact) mass is 197 g/mol. The highest BCUT2D eigenvalue weighted by atomic mass is 16.5. The summed E-state index contributed by atoms with van der Waals surface area (Å²) in [5.41, 5.74) is 0. The van der Waals surface area contributed by atoms with Crippen molar-refractivity contribution in [2.24, 2.45) is 0 Å². The van der Waals surface area contributed by atoms with Gasteiger partial charge in [0.15, 0.2) is 6.61 Å². The zero-order valence-corrected chi connectivity index (χ0v) is 8.36. The summed E-state index contributed by atoms with van der Waals surface area (Å²) in [6, 6.07) is 8.84. The SMILES string of the molecule is CNC.O=C(O)COc1ccccc1. The molecule has 0 aliphatic carbocycles. The van der Waals surface area contributed by atoms with E-state index in [4.69, 9.17) is 9.84 Å². The van der Waals surface area contributed by atoms with Crippen LogP contribution >= 0.6 is 0 Å². The molecular formula is C10H15NO3. The molecule has 14 heavy (non-hydrogen) atoms. The van der Waals surface area contributed by atoms with Crippen LogP contribution in [0, 0.1) is 0 Å². The molecule has 4 heteroatoms. The summed E-state index contributed by atoms with van der Waals surface area (Å²) >= 11 is 0. The van der Waals surface area contributed by atoms with Gasteiger partial charge in [-0.25, -0.2) is 4.79 Å². The van der Waals surface area contributed by atoms with E-state index in [9.17, 15) is 4.79 Å². The predicted octanol–water partition coefficient (Wildman–Crippen LogP) is 0.986. The Hall–Kier alpha value is -1.55. The van der Waals surface area contributed by atoms with Crippen LogP contribution in [0.4, 0.5) is 0 Å². The summed E-state index contributed by atoms with van der Waals surface area (Å²) in [5.74, 6) is -0.385. The highest BCUT2D eigenvalue weighted by Gasteiger charge is 1.96. The summed E-state index contributed by atoms with van der Waals surface area (Å²) in [7, 11) is 3.75. The highest BCUT2D eigenvalue weighted by Crippen LogP contribution is 2.07. The highest BCUT2D eigenvalue weighted by molar-refractivity contribution is 5.68. The van der Waals surface area contributed by atoms with Gasteiger partial charge in [-0.1, -0.05) is 18.2 Å². The quantitative estimate of drug-likeness (QED) is 0.758. The average molecular weight is 197 g/mol. The lowest BCUT2D eigenvalue weighted by atomic mass is 10.3. The normalized spacial score (nSPS) is 8.43. The Morgan fingerprint density at radius 3 is 2.29 bits per heavy atom. The van der Waals surface area contributed by atoms with Crippen molar-refractivity contribution in [3.63, 3.8) is 0 Å². The number of carbonyl (C=O) groups is 1. The number of para-hydroxylation sites is 1. The van der Waals surface area contributed by atoms with Crippen LogP contribution < -0.4 is 10.1 Å². The van der Waals surface area contributed by atoms with Crippen LogP contribution in [0.1, 0.15) is 0 Å². The maximum Gasteiger partial charge on any atom is 0.341 e. The molecule has 1 rings (SSSR count). The van der Waals surface area contributed by atoms with Gasteiger partial charge in [0.05, 0.1) is 0 Å². The summed E-state index contributed by atoms with van der Waals surface area (Å²) in [4.78, 5) is 10.0. The molecule has 0 fully saturated rings. The Balaban J connectivity index is 0.000000500. The standard InChI is InChI=1S/C8H8O3.C2H7N/c9-8(10)6-11-7-4-2-1-3-5-7;1-3-2/h1-5H,6H2,(H,9,10);3H,1-2H3. The van der Waals surface area contributed by atoms with Crippen molar-refractivity contribution >= 4 is 5.97 Å². The fourth-order valence-electron chi connectivity index (χ4n) is 0.662. The molecule has 0 spiro atoms. The molecular weight excluding hydrogens is 182 g/mol. The minimum absolute atomic E-state index is 0.288. The maximum atomic E-state index is 10.0. The van der Waals surface area contributed by atoms with Gasteiger partial charge in [-0.2, -0.15) is 0 Å². The molecule has 0 saturated heterocycles. The third-order valence-corrected chi connectivity index (χ3v) is 1.11. The van der Waals surface area contributed by atoms with E-state index in [1.165, 1.54) is 0 Å². The van der Waals surface area contributed by atoms with Crippen LogP contribution in [0.3, 0.4) is 0 Å². The molecule has 0 saturated carbocycles. The van der Waals surface area contributed by atoms with Crippen LogP contribution in [0.25, 0.3) is 0 Å². The van der Waals surface area contributed by atoms with Crippen LogP contribution in [0.2, 0.25) is 0 Å². The second-order valence-corrected chi connectivity index (χ2v) is 2.50. The summed E-state index contributed by atoms with van der Waals surface area (Å²) in [6.07, 6.45) is 0. The first kappa shape index (κ1) is 12.4. The average Bonchev–Trinajstić information content (AvgIpc) is 2.18. The first-order valence-corrected chi connectivity index (χ1v) is 4.18. The topological polar surface area (TPSA) is 58.6 Å². The number of aliphatic carboxylic acids is 1. The Bertz CT molecular complexity index is 249. The van der Waals surface area contributed by atoms with Crippen molar-refractivity contribution in [2.75, 3.05) is 20.7 Å². The van der Waals surface area contributed by atoms with Crippen molar-refractivity contribution in [1.82, 2.24) is 5.32 Å². The molecule has 0 amide bonds. The third kappa shape index (κ3) is 7.12. The van der Waals surface area contributed by atoms with Crippen molar-refractivity contribution in [1.29, 1.82) is 0 Å². The number of carboxylic acids is 1. The molecule has 0 unspecified atom stereocenters. The van der Waals surface area contributed by atoms with E-state index in [1.54, 1.807) is 24.3 Å². The maximum absolute atomic E-state index is 10.0. The molecule has 2 N–H and O–H groups in total. The Kier molecular flexibility index (Phi) is 7.17. The van der Waals surface area contributed by atoms with E-state index >= 15 is 0 Å². The molecule has 78 valence electrons.